The molecule has 1 aromatic carbocycles. The molecule has 114 valence electrons. The zero-order chi connectivity index (χ0) is 15.7. The van der Waals surface area contributed by atoms with Gasteiger partial charge in [0.2, 0.25) is 0 Å². The van der Waals surface area contributed by atoms with E-state index in [1.807, 2.05) is 30.3 Å². The van der Waals surface area contributed by atoms with E-state index in [2.05, 4.69) is 31.3 Å². The van der Waals surface area contributed by atoms with Crippen molar-refractivity contribution in [3.8, 4) is 11.3 Å². The largest absolute Gasteiger partial charge is 0.392 e. The van der Waals surface area contributed by atoms with Crippen molar-refractivity contribution in [2.45, 2.75) is 13.0 Å². The summed E-state index contributed by atoms with van der Waals surface area (Å²) in [6.45, 7) is 2.14. The first kappa shape index (κ1) is 15.3. The smallest absolute Gasteiger partial charge is 0.172 e. The number of nitrogens with one attached hydrogen (secondary N) is 1. The van der Waals surface area contributed by atoms with Crippen LogP contribution in [0.2, 0.25) is 5.02 Å². The Morgan fingerprint density at radius 2 is 2.18 bits per heavy atom. The molecule has 3 rings (SSSR count). The van der Waals surface area contributed by atoms with Crippen LogP contribution in [0.3, 0.4) is 0 Å². The molecule has 1 atom stereocenters. The molecule has 0 saturated heterocycles. The van der Waals surface area contributed by atoms with Gasteiger partial charge in [-0.15, -0.1) is 0 Å². The molecule has 0 fully saturated rings. The molecule has 0 radical (unpaired) electrons. The summed E-state index contributed by atoms with van der Waals surface area (Å²) in [6, 6.07) is 9.42. The number of aliphatic hydroxyl groups is 1. The van der Waals surface area contributed by atoms with Gasteiger partial charge in [-0.3, -0.25) is 0 Å². The summed E-state index contributed by atoms with van der Waals surface area (Å²) in [6.07, 6.45) is 1.22. The zero-order valence-corrected chi connectivity index (χ0v) is 14.1. The third-order valence-corrected chi connectivity index (χ3v) is 4.05. The number of benzene rings is 1. The fraction of sp³-hybridized carbons (Fsp3) is 0.200. The van der Waals surface area contributed by atoms with Crippen molar-refractivity contribution in [3.63, 3.8) is 0 Å². The minimum Gasteiger partial charge on any atom is -0.392 e. The van der Waals surface area contributed by atoms with Crippen LogP contribution in [0.15, 0.2) is 41.0 Å². The standard InChI is InChI=1S/C15H14BrClN4O/c1-9(22)7-18-14-6-13(10-4-2-3-5-12(10)17)20-15-11(16)8-19-21(14)15/h2-6,8-9,18,22H,7H2,1H3. The van der Waals surface area contributed by atoms with Gasteiger partial charge in [-0.2, -0.15) is 9.61 Å². The van der Waals surface area contributed by atoms with Gasteiger partial charge in [-0.1, -0.05) is 29.8 Å². The van der Waals surface area contributed by atoms with Crippen molar-refractivity contribution >= 4 is 39.0 Å². The van der Waals surface area contributed by atoms with Crippen molar-refractivity contribution in [2.75, 3.05) is 11.9 Å². The number of fused-ring (bicyclic) bond motifs is 1. The SMILES string of the molecule is CC(O)CNc1cc(-c2ccccc2Cl)nc2c(Br)cnn12. The van der Waals surface area contributed by atoms with Crippen LogP contribution in [-0.4, -0.2) is 32.4 Å². The molecule has 3 aromatic rings. The van der Waals surface area contributed by atoms with Crippen LogP contribution in [0, 0.1) is 0 Å². The van der Waals surface area contributed by atoms with Crippen LogP contribution in [-0.2, 0) is 0 Å². The van der Waals surface area contributed by atoms with E-state index in [1.54, 1.807) is 17.6 Å². The lowest BCUT2D eigenvalue weighted by atomic mass is 10.1. The molecule has 0 bridgehead atoms. The maximum atomic E-state index is 9.48. The zero-order valence-electron chi connectivity index (χ0n) is 11.8. The molecule has 22 heavy (non-hydrogen) atoms. The number of anilines is 1. The van der Waals surface area contributed by atoms with Gasteiger partial charge in [0.25, 0.3) is 0 Å². The maximum Gasteiger partial charge on any atom is 0.172 e. The molecular weight excluding hydrogens is 368 g/mol. The van der Waals surface area contributed by atoms with E-state index in [0.717, 1.165) is 21.5 Å². The first-order valence-corrected chi connectivity index (χ1v) is 7.94. The Kier molecular flexibility index (Phi) is 4.33. The molecule has 0 aliphatic heterocycles. The van der Waals surface area contributed by atoms with Gasteiger partial charge in [-0.05, 0) is 28.9 Å². The lowest BCUT2D eigenvalue weighted by Crippen LogP contribution is -2.17. The highest BCUT2D eigenvalue weighted by atomic mass is 79.9. The lowest BCUT2D eigenvalue weighted by molar-refractivity contribution is 0.208. The second-order valence-corrected chi connectivity index (χ2v) is 6.23. The fourth-order valence-electron chi connectivity index (χ4n) is 2.12. The first-order chi connectivity index (χ1) is 10.6. The summed E-state index contributed by atoms with van der Waals surface area (Å²) in [5, 5.41) is 17.6. The Balaban J connectivity index is 2.15. The highest BCUT2D eigenvalue weighted by Gasteiger charge is 2.13. The van der Waals surface area contributed by atoms with Gasteiger partial charge in [0, 0.05) is 23.2 Å². The second-order valence-electron chi connectivity index (χ2n) is 4.96. The Morgan fingerprint density at radius 3 is 2.91 bits per heavy atom. The number of halogens is 2. The quantitative estimate of drug-likeness (QED) is 0.725. The van der Waals surface area contributed by atoms with E-state index in [0.29, 0.717) is 17.2 Å². The molecule has 0 amide bonds. The number of hydrogen-bond donors (Lipinski definition) is 2. The normalized spacial score (nSPS) is 12.5. The van der Waals surface area contributed by atoms with Gasteiger partial charge in [0.1, 0.15) is 5.82 Å². The van der Waals surface area contributed by atoms with E-state index in [9.17, 15) is 5.11 Å². The van der Waals surface area contributed by atoms with Gasteiger partial charge < -0.3 is 10.4 Å². The van der Waals surface area contributed by atoms with Crippen molar-refractivity contribution < 1.29 is 5.11 Å². The molecule has 0 aliphatic rings. The predicted octanol–water partition coefficient (Wildman–Crippen LogP) is 3.60. The monoisotopic (exact) mass is 380 g/mol. The van der Waals surface area contributed by atoms with Crippen molar-refractivity contribution in [3.05, 3.63) is 46.0 Å². The molecular formula is C15H14BrClN4O. The van der Waals surface area contributed by atoms with E-state index in [-0.39, 0.29) is 0 Å². The third kappa shape index (κ3) is 2.95. The molecule has 1 unspecified atom stereocenters. The average molecular weight is 382 g/mol. The highest BCUT2D eigenvalue weighted by molar-refractivity contribution is 9.10. The van der Waals surface area contributed by atoms with Gasteiger partial charge in [-0.25, -0.2) is 4.98 Å². The molecule has 2 N–H and O–H groups in total. The van der Waals surface area contributed by atoms with Crippen LogP contribution in [0.5, 0.6) is 0 Å². The Hall–Kier alpha value is -1.63. The van der Waals surface area contributed by atoms with E-state index >= 15 is 0 Å². The summed E-state index contributed by atoms with van der Waals surface area (Å²) in [7, 11) is 0. The lowest BCUT2D eigenvalue weighted by Gasteiger charge is -2.12. The predicted molar refractivity (Wildman–Crippen MR) is 91.3 cm³/mol. The molecule has 2 aromatic heterocycles. The fourth-order valence-corrected chi connectivity index (χ4v) is 2.70. The topological polar surface area (TPSA) is 62.5 Å². The molecule has 0 spiro atoms. The number of aliphatic hydroxyl groups excluding tert-OH is 1. The molecule has 0 saturated carbocycles. The Bertz CT molecular complexity index is 818. The number of rotatable bonds is 4. The molecule has 0 aliphatic carbocycles. The van der Waals surface area contributed by atoms with Crippen LogP contribution in [0.4, 0.5) is 5.82 Å². The number of nitrogens with zero attached hydrogens (tertiary/aromatic N) is 3. The summed E-state index contributed by atoms with van der Waals surface area (Å²) < 4.78 is 2.48. The van der Waals surface area contributed by atoms with Gasteiger partial charge >= 0.3 is 0 Å². The van der Waals surface area contributed by atoms with Crippen LogP contribution in [0.25, 0.3) is 16.9 Å². The molecule has 5 nitrogen and oxygen atoms in total. The van der Waals surface area contributed by atoms with Crippen molar-refractivity contribution in [1.29, 1.82) is 0 Å². The molecule has 7 heteroatoms. The Labute approximate surface area is 141 Å². The summed E-state index contributed by atoms with van der Waals surface area (Å²) in [5.74, 6) is 0.742. The second kappa shape index (κ2) is 6.24. The maximum absolute atomic E-state index is 9.48. The van der Waals surface area contributed by atoms with Crippen LogP contribution < -0.4 is 5.32 Å². The highest BCUT2D eigenvalue weighted by Crippen LogP contribution is 2.30. The van der Waals surface area contributed by atoms with E-state index in [4.69, 9.17) is 11.6 Å². The Morgan fingerprint density at radius 1 is 1.41 bits per heavy atom. The minimum absolute atomic E-state index is 0.415. The van der Waals surface area contributed by atoms with Crippen LogP contribution in [0.1, 0.15) is 6.92 Å². The summed E-state index contributed by atoms with van der Waals surface area (Å²) >= 11 is 9.72. The van der Waals surface area contributed by atoms with Crippen molar-refractivity contribution in [1.82, 2.24) is 14.6 Å². The van der Waals surface area contributed by atoms with E-state index < -0.39 is 6.10 Å². The summed E-state index contributed by atoms with van der Waals surface area (Å²) in [4.78, 5) is 4.62. The number of hydrogen-bond acceptors (Lipinski definition) is 4. The first-order valence-electron chi connectivity index (χ1n) is 6.77. The number of aromatic nitrogens is 3. The van der Waals surface area contributed by atoms with E-state index in [1.165, 1.54) is 0 Å². The molecule has 2 heterocycles. The third-order valence-electron chi connectivity index (χ3n) is 3.16. The minimum atomic E-state index is -0.467. The van der Waals surface area contributed by atoms with Gasteiger partial charge in [0.15, 0.2) is 5.65 Å². The van der Waals surface area contributed by atoms with Crippen LogP contribution >= 0.6 is 27.5 Å². The summed E-state index contributed by atoms with van der Waals surface area (Å²) in [5.41, 5.74) is 2.28. The van der Waals surface area contributed by atoms with Gasteiger partial charge in [0.05, 0.1) is 22.5 Å². The average Bonchev–Trinajstić information content (AvgIpc) is 2.87. The van der Waals surface area contributed by atoms with Crippen molar-refractivity contribution in [2.24, 2.45) is 0 Å².